The largest absolute Gasteiger partial charge is 0.316 e. The number of nitro groups is 1. The van der Waals surface area contributed by atoms with Crippen molar-refractivity contribution in [3.8, 4) is 0 Å². The molecule has 19 heavy (non-hydrogen) atoms. The Morgan fingerprint density at radius 3 is 2.53 bits per heavy atom. The van der Waals surface area contributed by atoms with Crippen molar-refractivity contribution in [2.24, 2.45) is 5.92 Å². The van der Waals surface area contributed by atoms with E-state index in [0.717, 1.165) is 16.6 Å². The first-order valence-electron chi connectivity index (χ1n) is 6.75. The van der Waals surface area contributed by atoms with E-state index >= 15 is 0 Å². The third kappa shape index (κ3) is 3.94. The number of nitrogens with zero attached hydrogens (tertiary/aromatic N) is 1. The number of hydrogen-bond donors (Lipinski definition) is 1. The van der Waals surface area contributed by atoms with Crippen molar-refractivity contribution in [3.63, 3.8) is 0 Å². The number of hydrogen-bond acceptors (Lipinski definition) is 4. The molecule has 2 rings (SSSR count). The number of non-ortho nitro benzene ring substituents is 1. The molecule has 1 unspecified atom stereocenters. The van der Waals surface area contributed by atoms with Gasteiger partial charge in [-0.1, -0.05) is 12.8 Å². The number of thioether (sulfide) groups is 1. The van der Waals surface area contributed by atoms with Crippen LogP contribution in [-0.2, 0) is 0 Å². The molecule has 1 aromatic rings. The lowest BCUT2D eigenvalue weighted by Crippen LogP contribution is -2.34. The van der Waals surface area contributed by atoms with Gasteiger partial charge < -0.3 is 5.32 Å². The van der Waals surface area contributed by atoms with Gasteiger partial charge >= 0.3 is 0 Å². The lowest BCUT2D eigenvalue weighted by Gasteiger charge is -2.22. The Hall–Kier alpha value is -1.07. The molecule has 1 aromatic carbocycles. The molecule has 0 bridgehead atoms. The van der Waals surface area contributed by atoms with Crippen LogP contribution in [0, 0.1) is 16.0 Å². The molecule has 0 heterocycles. The molecule has 0 aromatic heterocycles. The lowest BCUT2D eigenvalue weighted by molar-refractivity contribution is -0.384. The highest BCUT2D eigenvalue weighted by Crippen LogP contribution is 2.31. The normalized spacial score (nSPS) is 17.5. The Kier molecular flexibility index (Phi) is 5.22. The molecule has 0 radical (unpaired) electrons. The molecule has 5 heteroatoms. The first-order valence-corrected chi connectivity index (χ1v) is 7.74. The summed E-state index contributed by atoms with van der Waals surface area (Å²) >= 11 is 1.78. The summed E-state index contributed by atoms with van der Waals surface area (Å²) in [6, 6.07) is 7.37. The van der Waals surface area contributed by atoms with Crippen LogP contribution < -0.4 is 5.32 Å². The summed E-state index contributed by atoms with van der Waals surface area (Å²) in [5.74, 6) is 1.81. The number of rotatable bonds is 6. The lowest BCUT2D eigenvalue weighted by atomic mass is 10.0. The minimum absolute atomic E-state index is 0.158. The average Bonchev–Trinajstić information content (AvgIpc) is 2.94. The van der Waals surface area contributed by atoms with E-state index in [1.54, 1.807) is 23.9 Å². The van der Waals surface area contributed by atoms with E-state index in [-0.39, 0.29) is 10.6 Å². The van der Waals surface area contributed by atoms with E-state index in [2.05, 4.69) is 5.32 Å². The maximum Gasteiger partial charge on any atom is 0.269 e. The monoisotopic (exact) mass is 280 g/mol. The SMILES string of the molecule is CNC(CSc1ccc([N+](=O)[O-])cc1)C1CCCC1. The second-order valence-electron chi connectivity index (χ2n) is 5.00. The fourth-order valence-electron chi connectivity index (χ4n) is 2.66. The number of nitrogens with one attached hydrogen (secondary N) is 1. The van der Waals surface area contributed by atoms with Crippen LogP contribution in [0.3, 0.4) is 0 Å². The third-order valence-corrected chi connectivity index (χ3v) is 4.95. The summed E-state index contributed by atoms with van der Waals surface area (Å²) in [4.78, 5) is 11.3. The fraction of sp³-hybridized carbons (Fsp3) is 0.571. The van der Waals surface area contributed by atoms with Gasteiger partial charge in [-0.15, -0.1) is 11.8 Å². The van der Waals surface area contributed by atoms with Gasteiger partial charge in [0.05, 0.1) is 4.92 Å². The van der Waals surface area contributed by atoms with Crippen LogP contribution in [0.2, 0.25) is 0 Å². The molecule has 4 nitrogen and oxygen atoms in total. The zero-order chi connectivity index (χ0) is 13.7. The second kappa shape index (κ2) is 6.91. The van der Waals surface area contributed by atoms with E-state index < -0.39 is 0 Å². The Balaban J connectivity index is 1.88. The summed E-state index contributed by atoms with van der Waals surface area (Å²) in [6.07, 6.45) is 5.36. The van der Waals surface area contributed by atoms with E-state index in [1.165, 1.54) is 25.7 Å². The van der Waals surface area contributed by atoms with Gasteiger partial charge in [-0.25, -0.2) is 0 Å². The average molecular weight is 280 g/mol. The van der Waals surface area contributed by atoms with Crippen molar-refractivity contribution < 1.29 is 4.92 Å². The van der Waals surface area contributed by atoms with Crippen molar-refractivity contribution in [1.82, 2.24) is 5.32 Å². The number of nitro benzene ring substituents is 1. The van der Waals surface area contributed by atoms with Crippen LogP contribution in [-0.4, -0.2) is 23.8 Å². The molecule has 0 aliphatic heterocycles. The van der Waals surface area contributed by atoms with Gasteiger partial charge in [0.25, 0.3) is 5.69 Å². The quantitative estimate of drug-likeness (QED) is 0.492. The molecule has 104 valence electrons. The van der Waals surface area contributed by atoms with Crippen molar-refractivity contribution >= 4 is 17.4 Å². The van der Waals surface area contributed by atoms with E-state index in [1.807, 2.05) is 19.2 Å². The predicted molar refractivity (Wildman–Crippen MR) is 78.6 cm³/mol. The summed E-state index contributed by atoms with van der Waals surface area (Å²) < 4.78 is 0. The molecule has 1 aliphatic carbocycles. The summed E-state index contributed by atoms with van der Waals surface area (Å²) in [6.45, 7) is 0. The van der Waals surface area contributed by atoms with Gasteiger partial charge in [0.2, 0.25) is 0 Å². The number of benzene rings is 1. The Bertz CT molecular complexity index is 416. The molecule has 1 atom stereocenters. The van der Waals surface area contributed by atoms with E-state index in [9.17, 15) is 10.1 Å². The van der Waals surface area contributed by atoms with Gasteiger partial charge in [0.15, 0.2) is 0 Å². The molecule has 0 spiro atoms. The minimum atomic E-state index is -0.358. The highest BCUT2D eigenvalue weighted by molar-refractivity contribution is 7.99. The summed E-state index contributed by atoms with van der Waals surface area (Å²) in [5, 5.41) is 14.0. The van der Waals surface area contributed by atoms with Crippen molar-refractivity contribution in [2.45, 2.75) is 36.6 Å². The van der Waals surface area contributed by atoms with Crippen LogP contribution in [0.15, 0.2) is 29.2 Å². The zero-order valence-electron chi connectivity index (χ0n) is 11.2. The summed E-state index contributed by atoms with van der Waals surface area (Å²) in [5.41, 5.74) is 0.158. The molecule has 1 saturated carbocycles. The first-order chi connectivity index (χ1) is 9.20. The maximum absolute atomic E-state index is 10.6. The van der Waals surface area contributed by atoms with Crippen LogP contribution in [0.4, 0.5) is 5.69 Å². The standard InChI is InChI=1S/C14H20N2O2S/c1-15-14(11-4-2-3-5-11)10-19-13-8-6-12(7-9-13)16(17)18/h6-9,11,14-15H,2-5,10H2,1H3. The van der Waals surface area contributed by atoms with E-state index in [4.69, 9.17) is 0 Å². The smallest absolute Gasteiger partial charge is 0.269 e. The van der Waals surface area contributed by atoms with Gasteiger partial charge in [-0.2, -0.15) is 0 Å². The zero-order valence-corrected chi connectivity index (χ0v) is 12.0. The molecule has 0 amide bonds. The summed E-state index contributed by atoms with van der Waals surface area (Å²) in [7, 11) is 2.03. The van der Waals surface area contributed by atoms with E-state index in [0.29, 0.717) is 6.04 Å². The van der Waals surface area contributed by atoms with Crippen molar-refractivity contribution in [1.29, 1.82) is 0 Å². The Morgan fingerprint density at radius 2 is 2.00 bits per heavy atom. The van der Waals surface area contributed by atoms with Gasteiger partial charge in [-0.05, 0) is 37.9 Å². The molecular formula is C14H20N2O2S. The Labute approximate surface area is 118 Å². The minimum Gasteiger partial charge on any atom is -0.316 e. The van der Waals surface area contributed by atoms with Crippen LogP contribution in [0.1, 0.15) is 25.7 Å². The van der Waals surface area contributed by atoms with Gasteiger partial charge in [0.1, 0.15) is 0 Å². The molecular weight excluding hydrogens is 260 g/mol. The molecule has 1 N–H and O–H groups in total. The van der Waals surface area contributed by atoms with Crippen LogP contribution in [0.25, 0.3) is 0 Å². The Morgan fingerprint density at radius 1 is 1.37 bits per heavy atom. The van der Waals surface area contributed by atoms with Gasteiger partial charge in [0, 0.05) is 28.8 Å². The molecule has 1 fully saturated rings. The highest BCUT2D eigenvalue weighted by Gasteiger charge is 2.23. The van der Waals surface area contributed by atoms with Crippen LogP contribution >= 0.6 is 11.8 Å². The third-order valence-electron chi connectivity index (χ3n) is 3.82. The molecule has 1 aliphatic rings. The first kappa shape index (κ1) is 14.3. The fourth-order valence-corrected chi connectivity index (χ4v) is 3.80. The topological polar surface area (TPSA) is 55.2 Å². The maximum atomic E-state index is 10.6. The van der Waals surface area contributed by atoms with Crippen molar-refractivity contribution in [3.05, 3.63) is 34.4 Å². The predicted octanol–water partition coefficient (Wildman–Crippen LogP) is 3.47. The second-order valence-corrected chi connectivity index (χ2v) is 6.10. The van der Waals surface area contributed by atoms with Crippen molar-refractivity contribution in [2.75, 3.05) is 12.8 Å². The van der Waals surface area contributed by atoms with Gasteiger partial charge in [-0.3, -0.25) is 10.1 Å². The molecule has 0 saturated heterocycles. The highest BCUT2D eigenvalue weighted by atomic mass is 32.2. The van der Waals surface area contributed by atoms with Crippen LogP contribution in [0.5, 0.6) is 0 Å².